The number of nitrogens with zero attached hydrogens (tertiary/aromatic N) is 2. The Morgan fingerprint density at radius 1 is 1.25 bits per heavy atom. The van der Waals surface area contributed by atoms with Gasteiger partial charge in [0.2, 0.25) is 5.91 Å². The molecule has 1 aromatic heterocycles. The van der Waals surface area contributed by atoms with Gasteiger partial charge in [-0.15, -0.1) is 0 Å². The summed E-state index contributed by atoms with van der Waals surface area (Å²) in [6, 6.07) is 8.41. The Bertz CT molecular complexity index is 695. The number of carbonyl (C=O) groups excluding carboxylic acids is 1. The first-order valence-electron chi connectivity index (χ1n) is 9.06. The van der Waals surface area contributed by atoms with Crippen molar-refractivity contribution in [1.29, 1.82) is 0 Å². The molecule has 1 heterocycles. The summed E-state index contributed by atoms with van der Waals surface area (Å²) in [5, 5.41) is 3.11. The standard InChI is InChI=1S/C20H25N3O/c24-20(11-19-10-15-4-5-18(19)9-15)22-12-16-2-1-3-17(8-16)13-23-7-6-21-14-23/h1-3,6-8,14-15,18-19H,4-5,9-13H2,(H,22,24). The van der Waals surface area contributed by atoms with E-state index in [4.69, 9.17) is 0 Å². The summed E-state index contributed by atoms with van der Waals surface area (Å²) in [6.07, 6.45) is 11.7. The van der Waals surface area contributed by atoms with E-state index >= 15 is 0 Å². The van der Waals surface area contributed by atoms with Gasteiger partial charge in [-0.3, -0.25) is 4.79 Å². The summed E-state index contributed by atoms with van der Waals surface area (Å²) in [5.74, 6) is 2.58. The van der Waals surface area contributed by atoms with E-state index in [2.05, 4.69) is 34.6 Å². The minimum Gasteiger partial charge on any atom is -0.352 e. The summed E-state index contributed by atoms with van der Waals surface area (Å²) in [5.41, 5.74) is 2.39. The zero-order chi connectivity index (χ0) is 16.4. The fraction of sp³-hybridized carbons (Fsp3) is 0.500. The first-order chi connectivity index (χ1) is 11.8. The minimum atomic E-state index is 0.215. The summed E-state index contributed by atoms with van der Waals surface area (Å²) >= 11 is 0. The van der Waals surface area contributed by atoms with Gasteiger partial charge in [-0.05, 0) is 48.1 Å². The Kier molecular flexibility index (Phi) is 4.37. The van der Waals surface area contributed by atoms with Crippen molar-refractivity contribution >= 4 is 5.91 Å². The van der Waals surface area contributed by atoms with Crippen molar-refractivity contribution in [3.63, 3.8) is 0 Å². The lowest BCUT2D eigenvalue weighted by molar-refractivity contribution is -0.122. The third-order valence-corrected chi connectivity index (χ3v) is 5.74. The Hall–Kier alpha value is -2.10. The van der Waals surface area contributed by atoms with Crippen LogP contribution in [0.2, 0.25) is 0 Å². The number of rotatable bonds is 6. The molecular formula is C20H25N3O. The summed E-state index contributed by atoms with van der Waals surface area (Å²) in [4.78, 5) is 16.3. The average molecular weight is 323 g/mol. The van der Waals surface area contributed by atoms with Gasteiger partial charge < -0.3 is 9.88 Å². The predicted molar refractivity (Wildman–Crippen MR) is 93.2 cm³/mol. The van der Waals surface area contributed by atoms with Crippen molar-refractivity contribution in [1.82, 2.24) is 14.9 Å². The second-order valence-electron chi connectivity index (χ2n) is 7.47. The van der Waals surface area contributed by atoms with E-state index in [1.54, 1.807) is 6.20 Å². The average Bonchev–Trinajstić information content (AvgIpc) is 3.31. The van der Waals surface area contributed by atoms with Gasteiger partial charge in [0.05, 0.1) is 6.33 Å². The number of fused-ring (bicyclic) bond motifs is 2. The van der Waals surface area contributed by atoms with Crippen molar-refractivity contribution in [3.05, 3.63) is 54.1 Å². The van der Waals surface area contributed by atoms with Crippen LogP contribution in [0.15, 0.2) is 43.0 Å². The van der Waals surface area contributed by atoms with Gasteiger partial charge in [-0.1, -0.05) is 30.7 Å². The third-order valence-electron chi connectivity index (χ3n) is 5.74. The molecule has 2 aliphatic carbocycles. The number of aromatic nitrogens is 2. The molecule has 0 spiro atoms. The Balaban J connectivity index is 1.28. The largest absolute Gasteiger partial charge is 0.352 e. The van der Waals surface area contributed by atoms with Gasteiger partial charge in [-0.25, -0.2) is 4.98 Å². The number of hydrogen-bond acceptors (Lipinski definition) is 2. The molecule has 4 heteroatoms. The van der Waals surface area contributed by atoms with Crippen molar-refractivity contribution in [2.75, 3.05) is 0 Å². The molecule has 126 valence electrons. The lowest BCUT2D eigenvalue weighted by atomic mass is 9.86. The zero-order valence-electron chi connectivity index (χ0n) is 14.0. The Morgan fingerprint density at radius 3 is 2.92 bits per heavy atom. The van der Waals surface area contributed by atoms with Crippen molar-refractivity contribution < 1.29 is 4.79 Å². The molecule has 0 saturated heterocycles. The molecule has 2 saturated carbocycles. The maximum absolute atomic E-state index is 12.3. The number of nitrogens with one attached hydrogen (secondary N) is 1. The molecule has 24 heavy (non-hydrogen) atoms. The lowest BCUT2D eigenvalue weighted by Crippen LogP contribution is -2.26. The topological polar surface area (TPSA) is 46.9 Å². The van der Waals surface area contributed by atoms with Crippen molar-refractivity contribution in [2.45, 2.75) is 45.2 Å². The van der Waals surface area contributed by atoms with Crippen LogP contribution in [0.4, 0.5) is 0 Å². The van der Waals surface area contributed by atoms with Crippen LogP contribution in [-0.2, 0) is 17.9 Å². The number of carbonyl (C=O) groups is 1. The molecule has 1 N–H and O–H groups in total. The van der Waals surface area contributed by atoms with E-state index < -0.39 is 0 Å². The highest BCUT2D eigenvalue weighted by atomic mass is 16.1. The maximum Gasteiger partial charge on any atom is 0.220 e. The van der Waals surface area contributed by atoms with Gasteiger partial charge in [0, 0.05) is 31.9 Å². The second kappa shape index (κ2) is 6.80. The van der Waals surface area contributed by atoms with Crippen molar-refractivity contribution in [3.8, 4) is 0 Å². The molecule has 1 aromatic carbocycles. The lowest BCUT2D eigenvalue weighted by Gasteiger charge is -2.20. The highest BCUT2D eigenvalue weighted by Gasteiger charge is 2.39. The number of hydrogen-bond donors (Lipinski definition) is 1. The normalized spacial score (nSPS) is 25.1. The first-order valence-corrected chi connectivity index (χ1v) is 9.06. The molecule has 2 aliphatic rings. The number of benzene rings is 1. The van der Waals surface area contributed by atoms with E-state index in [1.807, 2.05) is 17.1 Å². The molecule has 2 fully saturated rings. The van der Waals surface area contributed by atoms with Crippen LogP contribution in [0.5, 0.6) is 0 Å². The fourth-order valence-corrected chi connectivity index (χ4v) is 4.57. The Labute approximate surface area is 143 Å². The summed E-state index contributed by atoms with van der Waals surface area (Å²) < 4.78 is 2.05. The van der Waals surface area contributed by atoms with Gasteiger partial charge in [0.1, 0.15) is 0 Å². The molecule has 2 aromatic rings. The van der Waals surface area contributed by atoms with Crippen LogP contribution in [0.1, 0.15) is 43.2 Å². The minimum absolute atomic E-state index is 0.215. The maximum atomic E-state index is 12.3. The molecule has 0 aliphatic heterocycles. The highest BCUT2D eigenvalue weighted by Crippen LogP contribution is 2.49. The van der Waals surface area contributed by atoms with Crippen LogP contribution < -0.4 is 5.32 Å². The van der Waals surface area contributed by atoms with E-state index in [1.165, 1.54) is 31.2 Å². The zero-order valence-corrected chi connectivity index (χ0v) is 14.0. The van der Waals surface area contributed by atoms with Crippen LogP contribution in [0.3, 0.4) is 0 Å². The van der Waals surface area contributed by atoms with Crippen LogP contribution in [0.25, 0.3) is 0 Å². The van der Waals surface area contributed by atoms with Crippen molar-refractivity contribution in [2.24, 2.45) is 17.8 Å². The molecule has 2 bridgehead atoms. The Morgan fingerprint density at radius 2 is 2.17 bits per heavy atom. The molecule has 0 radical (unpaired) electrons. The smallest absolute Gasteiger partial charge is 0.220 e. The number of imidazole rings is 1. The van der Waals surface area contributed by atoms with Crippen LogP contribution >= 0.6 is 0 Å². The monoisotopic (exact) mass is 323 g/mol. The molecule has 4 nitrogen and oxygen atoms in total. The van der Waals surface area contributed by atoms with Gasteiger partial charge in [0.25, 0.3) is 0 Å². The van der Waals surface area contributed by atoms with Crippen LogP contribution in [-0.4, -0.2) is 15.5 Å². The quantitative estimate of drug-likeness (QED) is 0.886. The molecule has 1 amide bonds. The van der Waals surface area contributed by atoms with E-state index in [9.17, 15) is 4.79 Å². The molecule has 3 unspecified atom stereocenters. The summed E-state index contributed by atoms with van der Waals surface area (Å²) in [6.45, 7) is 1.43. The van der Waals surface area contributed by atoms with E-state index in [0.717, 1.165) is 30.4 Å². The SMILES string of the molecule is O=C(CC1CC2CCC1C2)NCc1cccc(Cn2ccnc2)c1. The van der Waals surface area contributed by atoms with E-state index in [-0.39, 0.29) is 5.91 Å². The molecule has 3 atom stereocenters. The predicted octanol–water partition coefficient (Wildman–Crippen LogP) is 3.37. The summed E-state index contributed by atoms with van der Waals surface area (Å²) in [7, 11) is 0. The van der Waals surface area contributed by atoms with Gasteiger partial charge in [0.15, 0.2) is 0 Å². The highest BCUT2D eigenvalue weighted by molar-refractivity contribution is 5.76. The van der Waals surface area contributed by atoms with Gasteiger partial charge in [-0.2, -0.15) is 0 Å². The number of amides is 1. The molecule has 4 rings (SSSR count). The second-order valence-corrected chi connectivity index (χ2v) is 7.47. The first kappa shape index (κ1) is 15.4. The van der Waals surface area contributed by atoms with Crippen LogP contribution in [0, 0.1) is 17.8 Å². The van der Waals surface area contributed by atoms with Gasteiger partial charge >= 0.3 is 0 Å². The molecular weight excluding hydrogens is 298 g/mol. The third kappa shape index (κ3) is 3.53. The van der Waals surface area contributed by atoms with E-state index in [0.29, 0.717) is 12.5 Å². The fourth-order valence-electron chi connectivity index (χ4n) is 4.57.